The van der Waals surface area contributed by atoms with Crippen LogP contribution >= 0.6 is 0 Å². The second kappa shape index (κ2) is 6.79. The van der Waals surface area contributed by atoms with E-state index in [1.807, 2.05) is 37.3 Å². The molecule has 0 unspecified atom stereocenters. The summed E-state index contributed by atoms with van der Waals surface area (Å²) in [6, 6.07) is 8.48. The average Bonchev–Trinajstić information content (AvgIpc) is 3.22. The van der Waals surface area contributed by atoms with Crippen molar-refractivity contribution >= 4 is 11.8 Å². The SMILES string of the molecule is CCNC(=O)[C@@H]1C[C@H](N)CN1C(=O)c1cnnn1-c1ccccc1. The summed E-state index contributed by atoms with van der Waals surface area (Å²) in [5, 5.41) is 10.6. The Kier molecular flexibility index (Phi) is 4.57. The second-order valence-corrected chi connectivity index (χ2v) is 5.73. The molecule has 1 saturated heterocycles. The number of likely N-dealkylation sites (tertiary alicyclic amines) is 1. The van der Waals surface area contributed by atoms with Crippen LogP contribution in [0.4, 0.5) is 0 Å². The van der Waals surface area contributed by atoms with Crippen LogP contribution in [-0.2, 0) is 4.79 Å². The lowest BCUT2D eigenvalue weighted by Crippen LogP contribution is -2.46. The predicted molar refractivity (Wildman–Crippen MR) is 87.5 cm³/mol. The molecule has 2 amide bonds. The quantitative estimate of drug-likeness (QED) is 0.818. The number of carbonyl (C=O) groups is 2. The molecule has 0 aliphatic carbocycles. The number of amides is 2. The zero-order valence-corrected chi connectivity index (χ0v) is 13.4. The third-order valence-corrected chi connectivity index (χ3v) is 4.02. The van der Waals surface area contributed by atoms with E-state index in [1.165, 1.54) is 15.8 Å². The molecule has 126 valence electrons. The third kappa shape index (κ3) is 3.00. The normalized spacial score (nSPS) is 20.2. The molecule has 24 heavy (non-hydrogen) atoms. The summed E-state index contributed by atoms with van der Waals surface area (Å²) in [7, 11) is 0. The second-order valence-electron chi connectivity index (χ2n) is 5.73. The van der Waals surface area contributed by atoms with E-state index in [0.717, 1.165) is 5.69 Å². The number of likely N-dealkylation sites (N-methyl/N-ethyl adjacent to an activating group) is 1. The van der Waals surface area contributed by atoms with Crippen LogP contribution in [0.2, 0.25) is 0 Å². The van der Waals surface area contributed by atoms with Gasteiger partial charge >= 0.3 is 0 Å². The van der Waals surface area contributed by atoms with Gasteiger partial charge in [-0.3, -0.25) is 9.59 Å². The minimum absolute atomic E-state index is 0.183. The minimum atomic E-state index is -0.563. The number of hydrogen-bond acceptors (Lipinski definition) is 5. The highest BCUT2D eigenvalue weighted by Gasteiger charge is 2.39. The van der Waals surface area contributed by atoms with Gasteiger partial charge in [-0.1, -0.05) is 23.4 Å². The molecule has 0 saturated carbocycles. The number of rotatable bonds is 4. The lowest BCUT2D eigenvalue weighted by atomic mass is 10.1. The summed E-state index contributed by atoms with van der Waals surface area (Å²) < 4.78 is 1.47. The van der Waals surface area contributed by atoms with Gasteiger partial charge in [-0.15, -0.1) is 5.10 Å². The molecule has 3 N–H and O–H groups in total. The van der Waals surface area contributed by atoms with E-state index in [2.05, 4.69) is 15.6 Å². The minimum Gasteiger partial charge on any atom is -0.355 e. The Balaban J connectivity index is 1.89. The van der Waals surface area contributed by atoms with Crippen LogP contribution in [0.3, 0.4) is 0 Å². The Labute approximate surface area is 139 Å². The molecule has 1 aliphatic rings. The van der Waals surface area contributed by atoms with Crippen molar-refractivity contribution in [2.75, 3.05) is 13.1 Å². The Morgan fingerprint density at radius 3 is 2.79 bits per heavy atom. The largest absolute Gasteiger partial charge is 0.355 e. The molecular formula is C16H20N6O2. The van der Waals surface area contributed by atoms with E-state index in [-0.39, 0.29) is 17.9 Å². The highest BCUT2D eigenvalue weighted by molar-refractivity contribution is 5.97. The molecule has 0 bridgehead atoms. The zero-order chi connectivity index (χ0) is 17.1. The summed E-state index contributed by atoms with van der Waals surface area (Å²) in [6.45, 7) is 2.68. The maximum absolute atomic E-state index is 13.0. The molecule has 2 heterocycles. The average molecular weight is 328 g/mol. The van der Waals surface area contributed by atoms with Crippen molar-refractivity contribution in [1.29, 1.82) is 0 Å². The van der Waals surface area contributed by atoms with E-state index in [4.69, 9.17) is 5.73 Å². The Hall–Kier alpha value is -2.74. The standard InChI is InChI=1S/C16H20N6O2/c1-2-18-15(23)13-8-11(17)10-21(13)16(24)14-9-19-20-22(14)12-6-4-3-5-7-12/h3-7,9,11,13H,2,8,10,17H2,1H3,(H,18,23)/t11-,13-/m0/s1. The van der Waals surface area contributed by atoms with Crippen molar-refractivity contribution in [1.82, 2.24) is 25.2 Å². The number of hydrogen-bond donors (Lipinski definition) is 2. The Bertz CT molecular complexity index is 729. The lowest BCUT2D eigenvalue weighted by molar-refractivity contribution is -0.124. The maximum atomic E-state index is 13.0. The van der Waals surface area contributed by atoms with E-state index in [0.29, 0.717) is 25.2 Å². The molecule has 1 fully saturated rings. The monoisotopic (exact) mass is 328 g/mol. The summed E-state index contributed by atoms with van der Waals surface area (Å²) in [5.74, 6) is -0.481. The lowest BCUT2D eigenvalue weighted by Gasteiger charge is -2.23. The van der Waals surface area contributed by atoms with Gasteiger partial charge in [0.15, 0.2) is 5.69 Å². The molecule has 3 rings (SSSR count). The van der Waals surface area contributed by atoms with E-state index >= 15 is 0 Å². The molecule has 2 atom stereocenters. The van der Waals surface area contributed by atoms with Gasteiger partial charge in [0, 0.05) is 19.1 Å². The Morgan fingerprint density at radius 2 is 2.08 bits per heavy atom. The Morgan fingerprint density at radius 1 is 1.33 bits per heavy atom. The van der Waals surface area contributed by atoms with Gasteiger partial charge in [0.05, 0.1) is 11.9 Å². The van der Waals surface area contributed by atoms with Crippen LogP contribution in [0.15, 0.2) is 36.5 Å². The molecule has 0 spiro atoms. The zero-order valence-electron chi connectivity index (χ0n) is 13.4. The number of nitrogens with two attached hydrogens (primary N) is 1. The maximum Gasteiger partial charge on any atom is 0.275 e. The van der Waals surface area contributed by atoms with Gasteiger partial charge in [0.25, 0.3) is 5.91 Å². The van der Waals surface area contributed by atoms with Crippen LogP contribution in [-0.4, -0.2) is 56.9 Å². The molecule has 8 nitrogen and oxygen atoms in total. The molecule has 1 aromatic heterocycles. The fraction of sp³-hybridized carbons (Fsp3) is 0.375. The van der Waals surface area contributed by atoms with E-state index in [1.54, 1.807) is 0 Å². The molecule has 0 radical (unpaired) electrons. The van der Waals surface area contributed by atoms with Gasteiger partial charge in [-0.2, -0.15) is 0 Å². The third-order valence-electron chi connectivity index (χ3n) is 4.02. The van der Waals surface area contributed by atoms with Crippen molar-refractivity contribution in [3.05, 3.63) is 42.2 Å². The first-order valence-electron chi connectivity index (χ1n) is 7.92. The molecule has 2 aromatic rings. The number of benzene rings is 1. The van der Waals surface area contributed by atoms with Crippen molar-refractivity contribution in [2.45, 2.75) is 25.4 Å². The van der Waals surface area contributed by atoms with Crippen LogP contribution < -0.4 is 11.1 Å². The van der Waals surface area contributed by atoms with Crippen LogP contribution in [0.25, 0.3) is 5.69 Å². The van der Waals surface area contributed by atoms with Crippen LogP contribution in [0.1, 0.15) is 23.8 Å². The van der Waals surface area contributed by atoms with Crippen molar-refractivity contribution in [2.24, 2.45) is 5.73 Å². The van der Waals surface area contributed by atoms with Crippen molar-refractivity contribution < 1.29 is 9.59 Å². The number of nitrogens with one attached hydrogen (secondary N) is 1. The predicted octanol–water partition coefficient (Wildman–Crippen LogP) is -0.0548. The van der Waals surface area contributed by atoms with Gasteiger partial charge in [0.2, 0.25) is 5.91 Å². The van der Waals surface area contributed by atoms with Gasteiger partial charge < -0.3 is 16.0 Å². The highest BCUT2D eigenvalue weighted by Crippen LogP contribution is 2.20. The van der Waals surface area contributed by atoms with Gasteiger partial charge in [-0.05, 0) is 25.5 Å². The van der Waals surface area contributed by atoms with E-state index in [9.17, 15) is 9.59 Å². The van der Waals surface area contributed by atoms with E-state index < -0.39 is 6.04 Å². The van der Waals surface area contributed by atoms with Crippen molar-refractivity contribution in [3.63, 3.8) is 0 Å². The molecule has 8 heteroatoms. The number of nitrogens with zero attached hydrogens (tertiary/aromatic N) is 4. The summed E-state index contributed by atoms with van der Waals surface area (Å²) in [4.78, 5) is 26.7. The molecule has 1 aliphatic heterocycles. The summed E-state index contributed by atoms with van der Waals surface area (Å²) in [6.07, 6.45) is 1.86. The summed E-state index contributed by atoms with van der Waals surface area (Å²) in [5.41, 5.74) is 7.02. The van der Waals surface area contributed by atoms with Crippen LogP contribution in [0.5, 0.6) is 0 Å². The van der Waals surface area contributed by atoms with Crippen molar-refractivity contribution in [3.8, 4) is 5.69 Å². The molecular weight excluding hydrogens is 308 g/mol. The number of para-hydroxylation sites is 1. The highest BCUT2D eigenvalue weighted by atomic mass is 16.2. The number of aromatic nitrogens is 3. The first-order valence-corrected chi connectivity index (χ1v) is 7.92. The topological polar surface area (TPSA) is 106 Å². The fourth-order valence-corrected chi connectivity index (χ4v) is 2.92. The molecule has 1 aromatic carbocycles. The summed E-state index contributed by atoms with van der Waals surface area (Å²) >= 11 is 0. The fourth-order valence-electron chi connectivity index (χ4n) is 2.92. The smallest absolute Gasteiger partial charge is 0.275 e. The first-order chi connectivity index (χ1) is 11.6. The van der Waals surface area contributed by atoms with Gasteiger partial charge in [-0.25, -0.2) is 4.68 Å². The van der Waals surface area contributed by atoms with Crippen LogP contribution in [0, 0.1) is 0 Å². The van der Waals surface area contributed by atoms with Gasteiger partial charge in [0.1, 0.15) is 6.04 Å². The first kappa shape index (κ1) is 16.1. The number of carbonyl (C=O) groups excluding carboxylic acids is 2.